The maximum atomic E-state index is 11.9. The first kappa shape index (κ1) is 12.4. The Kier molecular flexibility index (Phi) is 3.22. The highest BCUT2D eigenvalue weighted by Crippen LogP contribution is 2.16. The van der Waals surface area contributed by atoms with E-state index in [4.69, 9.17) is 4.52 Å². The lowest BCUT2D eigenvalue weighted by Crippen LogP contribution is -2.44. The minimum atomic E-state index is -0.400. The average molecular weight is 252 g/mol. The molecule has 0 saturated carbocycles. The van der Waals surface area contributed by atoms with Crippen molar-refractivity contribution in [3.05, 3.63) is 11.8 Å². The van der Waals surface area contributed by atoms with E-state index in [9.17, 15) is 9.59 Å². The van der Waals surface area contributed by atoms with Gasteiger partial charge in [-0.3, -0.25) is 10.1 Å². The van der Waals surface area contributed by atoms with Crippen molar-refractivity contribution in [2.24, 2.45) is 0 Å². The summed E-state index contributed by atoms with van der Waals surface area (Å²) in [6.45, 7) is 2.41. The summed E-state index contributed by atoms with van der Waals surface area (Å²) >= 11 is 0. The molecule has 2 rings (SSSR count). The highest BCUT2D eigenvalue weighted by Gasteiger charge is 2.34. The van der Waals surface area contributed by atoms with Gasteiger partial charge in [0, 0.05) is 26.7 Å². The fourth-order valence-corrected chi connectivity index (χ4v) is 1.93. The van der Waals surface area contributed by atoms with Crippen molar-refractivity contribution < 1.29 is 14.1 Å². The van der Waals surface area contributed by atoms with E-state index in [1.807, 2.05) is 0 Å². The summed E-state index contributed by atoms with van der Waals surface area (Å²) in [5.74, 6) is 0.928. The monoisotopic (exact) mass is 252 g/mol. The molecule has 1 aromatic heterocycles. The molecule has 1 saturated heterocycles. The van der Waals surface area contributed by atoms with Crippen LogP contribution < -0.4 is 5.32 Å². The van der Waals surface area contributed by atoms with Gasteiger partial charge >= 0.3 is 6.03 Å². The molecule has 1 atom stereocenters. The summed E-state index contributed by atoms with van der Waals surface area (Å²) in [6.07, 6.45) is 0.650. The van der Waals surface area contributed by atoms with Crippen LogP contribution in [0.2, 0.25) is 0 Å². The van der Waals surface area contributed by atoms with E-state index in [1.165, 1.54) is 4.90 Å². The van der Waals surface area contributed by atoms with Crippen molar-refractivity contribution in [2.45, 2.75) is 19.4 Å². The predicted octanol–water partition coefficient (Wildman–Crippen LogP) is 0.677. The molecule has 0 radical (unpaired) electrons. The molecule has 1 aliphatic rings. The third-order valence-corrected chi connectivity index (χ3v) is 3.05. The summed E-state index contributed by atoms with van der Waals surface area (Å²) in [5, 5.41) is 6.26. The summed E-state index contributed by atoms with van der Waals surface area (Å²) < 4.78 is 4.85. The van der Waals surface area contributed by atoms with Crippen molar-refractivity contribution >= 4 is 17.8 Å². The fraction of sp³-hybridized carbons (Fsp3) is 0.545. The molecule has 1 fully saturated rings. The quantitative estimate of drug-likeness (QED) is 0.839. The Balaban J connectivity index is 1.99. The molecular formula is C11H16N4O3. The second-order valence-corrected chi connectivity index (χ2v) is 4.43. The van der Waals surface area contributed by atoms with E-state index >= 15 is 0 Å². The molecule has 2 heterocycles. The number of likely N-dealkylation sites (tertiary alicyclic amines) is 1. The van der Waals surface area contributed by atoms with Gasteiger partial charge in [0.15, 0.2) is 5.82 Å². The number of rotatable bonds is 2. The molecule has 3 amide bonds. The number of carbonyl (C=O) groups is 2. The number of amides is 3. The van der Waals surface area contributed by atoms with Crippen LogP contribution in [0.1, 0.15) is 12.2 Å². The van der Waals surface area contributed by atoms with Crippen molar-refractivity contribution in [2.75, 3.05) is 26.0 Å². The third kappa shape index (κ3) is 2.29. The lowest BCUT2D eigenvalue weighted by Gasteiger charge is -2.22. The highest BCUT2D eigenvalue weighted by atomic mass is 16.5. The molecule has 7 nitrogen and oxygen atoms in total. The van der Waals surface area contributed by atoms with Gasteiger partial charge in [-0.25, -0.2) is 4.79 Å². The number of urea groups is 1. The van der Waals surface area contributed by atoms with Crippen molar-refractivity contribution in [3.63, 3.8) is 0 Å². The van der Waals surface area contributed by atoms with Crippen molar-refractivity contribution in [1.82, 2.24) is 15.0 Å². The molecule has 98 valence electrons. The Morgan fingerprint density at radius 1 is 1.67 bits per heavy atom. The maximum Gasteiger partial charge on any atom is 0.323 e. The number of aryl methyl sites for hydroxylation is 1. The Bertz CT molecular complexity index is 471. The summed E-state index contributed by atoms with van der Waals surface area (Å²) in [5.41, 5.74) is 0. The zero-order chi connectivity index (χ0) is 13.3. The molecule has 0 unspecified atom stereocenters. The molecule has 0 aliphatic carbocycles. The molecule has 18 heavy (non-hydrogen) atoms. The van der Waals surface area contributed by atoms with Gasteiger partial charge in [0.2, 0.25) is 5.91 Å². The molecule has 0 bridgehead atoms. The average Bonchev–Trinajstić information content (AvgIpc) is 2.87. The van der Waals surface area contributed by atoms with E-state index in [1.54, 1.807) is 32.0 Å². The third-order valence-electron chi connectivity index (χ3n) is 3.05. The van der Waals surface area contributed by atoms with E-state index in [2.05, 4.69) is 10.5 Å². The lowest BCUT2D eigenvalue weighted by atomic mass is 10.2. The van der Waals surface area contributed by atoms with Gasteiger partial charge in [-0.15, -0.1) is 0 Å². The van der Waals surface area contributed by atoms with E-state index in [0.29, 0.717) is 24.5 Å². The van der Waals surface area contributed by atoms with Crippen LogP contribution in [0.3, 0.4) is 0 Å². The maximum absolute atomic E-state index is 11.9. The second-order valence-electron chi connectivity index (χ2n) is 4.43. The van der Waals surface area contributed by atoms with E-state index in [0.717, 1.165) is 0 Å². The molecule has 0 aromatic carbocycles. The Labute approximate surface area is 105 Å². The van der Waals surface area contributed by atoms with Crippen LogP contribution >= 0.6 is 0 Å². The number of nitrogens with zero attached hydrogens (tertiary/aromatic N) is 3. The Hall–Kier alpha value is -2.05. The van der Waals surface area contributed by atoms with E-state index in [-0.39, 0.29) is 11.9 Å². The smallest absolute Gasteiger partial charge is 0.323 e. The molecule has 1 N–H and O–H groups in total. The number of hydrogen-bond acceptors (Lipinski definition) is 4. The highest BCUT2D eigenvalue weighted by molar-refractivity contribution is 5.93. The second kappa shape index (κ2) is 4.67. The normalized spacial score (nSPS) is 19.2. The summed E-state index contributed by atoms with van der Waals surface area (Å²) in [4.78, 5) is 26.7. The van der Waals surface area contributed by atoms with Gasteiger partial charge in [0.05, 0.1) is 0 Å². The van der Waals surface area contributed by atoms with Crippen molar-refractivity contribution in [1.29, 1.82) is 0 Å². The minimum absolute atomic E-state index is 0.0380. The molecule has 0 spiro atoms. The molecule has 7 heteroatoms. The first-order valence-electron chi connectivity index (χ1n) is 5.71. The standard InChI is InChI=1S/C11H16N4O3/c1-7-6-9(13-18-7)12-11(17)15(3)8-4-5-14(2)10(8)16/h6,8H,4-5H2,1-3H3,(H,12,13,17)/t8-/m1/s1. The lowest BCUT2D eigenvalue weighted by molar-refractivity contribution is -0.129. The SMILES string of the molecule is Cc1cc(NC(=O)N(C)[C@@H]2CCN(C)C2=O)no1. The van der Waals surface area contributed by atoms with Gasteiger partial charge in [0.1, 0.15) is 11.8 Å². The molecule has 1 aliphatic heterocycles. The Morgan fingerprint density at radius 3 is 2.89 bits per heavy atom. The van der Waals surface area contributed by atoms with Gasteiger partial charge in [-0.2, -0.15) is 0 Å². The Morgan fingerprint density at radius 2 is 2.39 bits per heavy atom. The first-order valence-corrected chi connectivity index (χ1v) is 5.71. The van der Waals surface area contributed by atoms with Crippen LogP contribution in [-0.2, 0) is 4.79 Å². The van der Waals surface area contributed by atoms with Crippen LogP contribution in [0.25, 0.3) is 0 Å². The first-order chi connectivity index (χ1) is 8.49. The van der Waals surface area contributed by atoms with Crippen LogP contribution in [0, 0.1) is 6.92 Å². The number of aromatic nitrogens is 1. The van der Waals surface area contributed by atoms with Crippen LogP contribution in [0.4, 0.5) is 10.6 Å². The zero-order valence-corrected chi connectivity index (χ0v) is 10.6. The number of nitrogens with one attached hydrogen (secondary N) is 1. The van der Waals surface area contributed by atoms with Crippen molar-refractivity contribution in [3.8, 4) is 0 Å². The molecule has 1 aromatic rings. The topological polar surface area (TPSA) is 78.7 Å². The van der Waals surface area contributed by atoms with E-state index < -0.39 is 6.04 Å². The van der Waals surface area contributed by atoms with Crippen LogP contribution in [-0.4, -0.2) is 53.6 Å². The summed E-state index contributed by atoms with van der Waals surface area (Å²) in [7, 11) is 3.33. The minimum Gasteiger partial charge on any atom is -0.360 e. The fourth-order valence-electron chi connectivity index (χ4n) is 1.93. The number of hydrogen-bond donors (Lipinski definition) is 1. The van der Waals surface area contributed by atoms with Crippen LogP contribution in [0.15, 0.2) is 10.6 Å². The van der Waals surface area contributed by atoms with Gasteiger partial charge < -0.3 is 14.3 Å². The van der Waals surface area contributed by atoms with Gasteiger partial charge in [-0.05, 0) is 13.3 Å². The zero-order valence-electron chi connectivity index (χ0n) is 10.6. The van der Waals surface area contributed by atoms with Gasteiger partial charge in [0.25, 0.3) is 0 Å². The van der Waals surface area contributed by atoms with Crippen LogP contribution in [0.5, 0.6) is 0 Å². The largest absolute Gasteiger partial charge is 0.360 e. The number of carbonyl (C=O) groups excluding carboxylic acids is 2. The summed E-state index contributed by atoms with van der Waals surface area (Å²) in [6, 6.07) is 0.855. The number of likely N-dealkylation sites (N-methyl/N-ethyl adjacent to an activating group) is 2. The number of anilines is 1. The van der Waals surface area contributed by atoms with Gasteiger partial charge in [-0.1, -0.05) is 5.16 Å². The predicted molar refractivity (Wildman–Crippen MR) is 64.1 cm³/mol. The molecular weight excluding hydrogens is 236 g/mol.